The van der Waals surface area contributed by atoms with Gasteiger partial charge in [-0.15, -0.1) is 0 Å². The average molecular weight is 550 g/mol. The van der Waals surface area contributed by atoms with Crippen LogP contribution in [-0.4, -0.2) is 27.7 Å². The third-order valence-electron chi connectivity index (χ3n) is 6.03. The van der Waals surface area contributed by atoms with Crippen LogP contribution in [0.25, 0.3) is 6.08 Å². The molecule has 4 aromatic carbocycles. The Kier molecular flexibility index (Phi) is 7.03. The Morgan fingerprint density at radius 1 is 0.659 bits per heavy atom. The Morgan fingerprint density at radius 2 is 1.24 bits per heavy atom. The standard InChI is InChI=1S/C29H18N4O8/c34-27-24(28(35)31(21-11-5-2-6-12-21)29(36)30(27)20-9-3-1-4-10-20)17-19-8-7-13-23(16-19)41-26-15-14-22(32(37)38)18-25(26)33(39)40/h1-18H. The van der Waals surface area contributed by atoms with Gasteiger partial charge in [0.05, 0.1) is 27.3 Å². The maximum atomic E-state index is 13.5. The predicted molar refractivity (Wildman–Crippen MR) is 147 cm³/mol. The number of nitro groups is 2. The molecule has 5 rings (SSSR count). The number of rotatable bonds is 7. The van der Waals surface area contributed by atoms with Crippen LogP contribution in [0, 0.1) is 20.2 Å². The molecular weight excluding hydrogens is 532 g/mol. The molecule has 1 heterocycles. The monoisotopic (exact) mass is 550 g/mol. The summed E-state index contributed by atoms with van der Waals surface area (Å²) in [6, 6.07) is 24.5. The first-order valence-corrected chi connectivity index (χ1v) is 12.0. The van der Waals surface area contributed by atoms with E-state index in [1.165, 1.54) is 24.3 Å². The summed E-state index contributed by atoms with van der Waals surface area (Å²) in [5, 5.41) is 22.5. The molecule has 0 radical (unpaired) electrons. The molecule has 1 fully saturated rings. The lowest BCUT2D eigenvalue weighted by atomic mass is 10.0. The zero-order chi connectivity index (χ0) is 29.1. The highest BCUT2D eigenvalue weighted by molar-refractivity contribution is 6.46. The molecule has 4 amide bonds. The third-order valence-corrected chi connectivity index (χ3v) is 6.03. The van der Waals surface area contributed by atoms with Gasteiger partial charge in [-0.25, -0.2) is 14.6 Å². The van der Waals surface area contributed by atoms with Crippen LogP contribution in [-0.2, 0) is 9.59 Å². The van der Waals surface area contributed by atoms with Crippen LogP contribution in [0.4, 0.5) is 27.5 Å². The number of benzene rings is 4. The number of hydrogen-bond donors (Lipinski definition) is 0. The molecule has 1 saturated heterocycles. The van der Waals surface area contributed by atoms with Gasteiger partial charge in [0.2, 0.25) is 5.75 Å². The lowest BCUT2D eigenvalue weighted by molar-refractivity contribution is -0.394. The molecule has 0 N–H and O–H groups in total. The van der Waals surface area contributed by atoms with Gasteiger partial charge in [0.25, 0.3) is 17.5 Å². The van der Waals surface area contributed by atoms with Crippen LogP contribution in [0.15, 0.2) is 109 Å². The zero-order valence-corrected chi connectivity index (χ0v) is 20.9. The van der Waals surface area contributed by atoms with Crippen LogP contribution in [0.3, 0.4) is 0 Å². The summed E-state index contributed by atoms with van der Waals surface area (Å²) in [7, 11) is 0. The van der Waals surface area contributed by atoms with Crippen molar-refractivity contribution in [2.24, 2.45) is 0 Å². The number of nitrogens with zero attached hydrogens (tertiary/aromatic N) is 4. The van der Waals surface area contributed by atoms with Crippen molar-refractivity contribution in [2.75, 3.05) is 9.80 Å². The predicted octanol–water partition coefficient (Wildman–Crippen LogP) is 5.88. The van der Waals surface area contributed by atoms with Crippen LogP contribution < -0.4 is 14.5 Å². The highest BCUT2D eigenvalue weighted by Gasteiger charge is 2.43. The number of urea groups is 1. The van der Waals surface area contributed by atoms with Gasteiger partial charge in [0, 0.05) is 6.07 Å². The summed E-state index contributed by atoms with van der Waals surface area (Å²) in [5.41, 5.74) is -0.544. The second-order valence-corrected chi connectivity index (χ2v) is 8.63. The van der Waals surface area contributed by atoms with Crippen LogP contribution in [0.5, 0.6) is 11.5 Å². The Bertz CT molecular complexity index is 1670. The average Bonchev–Trinajstić information content (AvgIpc) is 2.97. The first kappa shape index (κ1) is 26.4. The van der Waals surface area contributed by atoms with Crippen LogP contribution >= 0.6 is 0 Å². The van der Waals surface area contributed by atoms with Gasteiger partial charge in [0.15, 0.2) is 0 Å². The Hall–Kier alpha value is -6.17. The zero-order valence-electron chi connectivity index (χ0n) is 20.9. The summed E-state index contributed by atoms with van der Waals surface area (Å²) in [4.78, 5) is 63.3. The summed E-state index contributed by atoms with van der Waals surface area (Å²) in [5.74, 6) is -1.82. The minimum absolute atomic E-state index is 0.0999. The van der Waals surface area contributed by atoms with E-state index >= 15 is 0 Å². The molecule has 0 aromatic heterocycles. The molecule has 12 nitrogen and oxygen atoms in total. The fourth-order valence-corrected chi connectivity index (χ4v) is 4.15. The van der Waals surface area contributed by atoms with Gasteiger partial charge in [0.1, 0.15) is 11.3 Å². The van der Waals surface area contributed by atoms with Crippen molar-refractivity contribution >= 4 is 46.7 Å². The quantitative estimate of drug-likeness (QED) is 0.120. The number of carbonyl (C=O) groups excluding carboxylic acids is 3. The van der Waals surface area contributed by atoms with Crippen LogP contribution in [0.2, 0.25) is 0 Å². The molecule has 0 aliphatic carbocycles. The van der Waals surface area contributed by atoms with E-state index in [9.17, 15) is 34.6 Å². The normalized spacial score (nSPS) is 13.3. The topological polar surface area (TPSA) is 153 Å². The number of non-ortho nitro benzene ring substituents is 1. The largest absolute Gasteiger partial charge is 0.450 e. The number of anilines is 2. The maximum Gasteiger partial charge on any atom is 0.343 e. The smallest absolute Gasteiger partial charge is 0.343 e. The van der Waals surface area contributed by atoms with Gasteiger partial charge in [-0.1, -0.05) is 48.5 Å². The molecule has 4 aromatic rings. The molecular formula is C29H18N4O8. The fourth-order valence-electron chi connectivity index (χ4n) is 4.15. The Morgan fingerprint density at radius 3 is 1.78 bits per heavy atom. The maximum absolute atomic E-state index is 13.5. The van der Waals surface area contributed by atoms with Gasteiger partial charge < -0.3 is 4.74 Å². The molecule has 0 saturated carbocycles. The minimum Gasteiger partial charge on any atom is -0.450 e. The number of barbiturate groups is 1. The molecule has 41 heavy (non-hydrogen) atoms. The summed E-state index contributed by atoms with van der Waals surface area (Å²) < 4.78 is 5.65. The molecule has 12 heteroatoms. The SMILES string of the molecule is O=C1C(=Cc2cccc(Oc3ccc([N+](=O)[O-])cc3[N+](=O)[O-])c2)C(=O)N(c2ccccc2)C(=O)N1c1ccccc1. The second-order valence-electron chi connectivity index (χ2n) is 8.63. The van der Waals surface area contributed by atoms with E-state index in [4.69, 9.17) is 4.74 Å². The molecule has 0 spiro atoms. The molecule has 0 atom stereocenters. The fraction of sp³-hybridized carbons (Fsp3) is 0. The highest BCUT2D eigenvalue weighted by Crippen LogP contribution is 2.35. The van der Waals surface area contributed by atoms with Crippen molar-refractivity contribution < 1.29 is 29.0 Å². The second kappa shape index (κ2) is 10.9. The van der Waals surface area contributed by atoms with Crippen molar-refractivity contribution in [1.29, 1.82) is 0 Å². The number of para-hydroxylation sites is 2. The lowest BCUT2D eigenvalue weighted by Gasteiger charge is -2.33. The lowest BCUT2D eigenvalue weighted by Crippen LogP contribution is -2.57. The molecule has 202 valence electrons. The Balaban J connectivity index is 1.54. The number of ether oxygens (including phenoxy) is 1. The van der Waals surface area contributed by atoms with Crippen molar-refractivity contribution in [2.45, 2.75) is 0 Å². The van der Waals surface area contributed by atoms with Gasteiger partial charge in [-0.3, -0.25) is 29.8 Å². The summed E-state index contributed by atoms with van der Waals surface area (Å²) in [6.07, 6.45) is 1.29. The van der Waals surface area contributed by atoms with Crippen molar-refractivity contribution in [3.8, 4) is 11.5 Å². The van der Waals surface area contributed by atoms with E-state index in [-0.39, 0.29) is 28.4 Å². The number of nitro benzene ring substituents is 2. The number of carbonyl (C=O) groups is 3. The van der Waals surface area contributed by atoms with Crippen molar-refractivity contribution in [3.63, 3.8) is 0 Å². The minimum atomic E-state index is -0.837. The highest BCUT2D eigenvalue weighted by atomic mass is 16.6. The van der Waals surface area contributed by atoms with E-state index in [1.54, 1.807) is 66.7 Å². The van der Waals surface area contributed by atoms with Crippen molar-refractivity contribution in [3.05, 3.63) is 134 Å². The van der Waals surface area contributed by atoms with E-state index in [0.29, 0.717) is 5.56 Å². The molecule has 0 bridgehead atoms. The summed E-state index contributed by atoms with van der Waals surface area (Å²) >= 11 is 0. The van der Waals surface area contributed by atoms with E-state index < -0.39 is 39.1 Å². The first-order chi connectivity index (χ1) is 19.7. The van der Waals surface area contributed by atoms with Gasteiger partial charge >= 0.3 is 11.7 Å². The van der Waals surface area contributed by atoms with E-state index in [2.05, 4.69) is 0 Å². The molecule has 1 aliphatic rings. The third kappa shape index (κ3) is 5.25. The first-order valence-electron chi connectivity index (χ1n) is 12.0. The van der Waals surface area contributed by atoms with Crippen LogP contribution in [0.1, 0.15) is 5.56 Å². The summed E-state index contributed by atoms with van der Waals surface area (Å²) in [6.45, 7) is 0. The van der Waals surface area contributed by atoms with Crippen molar-refractivity contribution in [1.82, 2.24) is 0 Å². The number of hydrogen-bond acceptors (Lipinski definition) is 8. The Labute approximate surface area is 231 Å². The number of amides is 4. The molecule has 1 aliphatic heterocycles. The number of imide groups is 2. The molecule has 0 unspecified atom stereocenters. The van der Waals surface area contributed by atoms with Gasteiger partial charge in [-0.2, -0.15) is 0 Å². The van der Waals surface area contributed by atoms with Gasteiger partial charge in [-0.05, 0) is 54.1 Å². The van der Waals surface area contributed by atoms with E-state index in [0.717, 1.165) is 28.0 Å². The van der Waals surface area contributed by atoms with E-state index in [1.807, 2.05) is 0 Å².